The monoisotopic (exact) mass is 282 g/mol. The first-order valence-electron chi connectivity index (χ1n) is 6.22. The van der Waals surface area contributed by atoms with Gasteiger partial charge in [-0.1, -0.05) is 18.2 Å². The number of aliphatic hydroxyl groups is 1. The van der Waals surface area contributed by atoms with E-state index in [-0.39, 0.29) is 6.61 Å². The van der Waals surface area contributed by atoms with Crippen LogP contribution in [-0.4, -0.2) is 32.3 Å². The third-order valence-electron chi connectivity index (χ3n) is 2.80. The molecule has 3 N–H and O–H groups in total. The summed E-state index contributed by atoms with van der Waals surface area (Å²) in [4.78, 5) is 0. The van der Waals surface area contributed by atoms with Crippen LogP contribution in [0.1, 0.15) is 25.0 Å². The van der Waals surface area contributed by atoms with Crippen LogP contribution in [0.3, 0.4) is 0 Å². The lowest BCUT2D eigenvalue weighted by molar-refractivity contribution is 0.284. The molecule has 0 saturated carbocycles. The zero-order valence-corrected chi connectivity index (χ0v) is 11.7. The standard InChI is InChI=1S/C12H18N4O2S/c1-9-10(5-7-18-9)11-14-15-12(16(11)13)19-8-4-2-3-6-17/h5,7,17H,2-4,6,8,13H2,1H3. The van der Waals surface area contributed by atoms with Crippen molar-refractivity contribution in [2.45, 2.75) is 31.3 Å². The highest BCUT2D eigenvalue weighted by atomic mass is 32.2. The molecule has 19 heavy (non-hydrogen) atoms. The van der Waals surface area contributed by atoms with Crippen LogP contribution in [0.4, 0.5) is 0 Å². The molecule has 0 amide bonds. The topological polar surface area (TPSA) is 90.1 Å². The number of furan rings is 1. The summed E-state index contributed by atoms with van der Waals surface area (Å²) in [5, 5.41) is 17.6. The van der Waals surface area contributed by atoms with E-state index in [4.69, 9.17) is 15.4 Å². The molecule has 7 heteroatoms. The number of nitrogen functional groups attached to an aromatic ring is 1. The molecule has 0 fully saturated rings. The largest absolute Gasteiger partial charge is 0.469 e. The molecule has 0 bridgehead atoms. The molecule has 0 aliphatic carbocycles. The molecule has 2 aromatic rings. The highest BCUT2D eigenvalue weighted by Gasteiger charge is 2.15. The van der Waals surface area contributed by atoms with E-state index in [0.29, 0.717) is 11.0 Å². The minimum absolute atomic E-state index is 0.252. The van der Waals surface area contributed by atoms with Crippen LogP contribution in [0.15, 0.2) is 21.9 Å². The number of nitrogens with zero attached hydrogens (tertiary/aromatic N) is 3. The van der Waals surface area contributed by atoms with Crippen LogP contribution < -0.4 is 5.84 Å². The third-order valence-corrected chi connectivity index (χ3v) is 3.83. The van der Waals surface area contributed by atoms with Gasteiger partial charge in [0.15, 0.2) is 5.82 Å². The minimum Gasteiger partial charge on any atom is -0.469 e. The van der Waals surface area contributed by atoms with Gasteiger partial charge in [-0.05, 0) is 25.8 Å². The lowest BCUT2D eigenvalue weighted by atomic mass is 10.2. The van der Waals surface area contributed by atoms with Crippen molar-refractivity contribution in [3.8, 4) is 11.4 Å². The highest BCUT2D eigenvalue weighted by Crippen LogP contribution is 2.25. The molecule has 6 nitrogen and oxygen atoms in total. The molecular weight excluding hydrogens is 264 g/mol. The van der Waals surface area contributed by atoms with Gasteiger partial charge in [0.1, 0.15) is 5.76 Å². The Morgan fingerprint density at radius 1 is 1.37 bits per heavy atom. The van der Waals surface area contributed by atoms with Crippen LogP contribution in [0.2, 0.25) is 0 Å². The van der Waals surface area contributed by atoms with Gasteiger partial charge in [0.05, 0.1) is 11.8 Å². The van der Waals surface area contributed by atoms with Gasteiger partial charge in [-0.2, -0.15) is 0 Å². The second kappa shape index (κ2) is 6.63. The van der Waals surface area contributed by atoms with Crippen molar-refractivity contribution >= 4 is 11.8 Å². The van der Waals surface area contributed by atoms with Gasteiger partial charge in [-0.3, -0.25) is 0 Å². The van der Waals surface area contributed by atoms with E-state index in [1.54, 1.807) is 18.0 Å². The first-order chi connectivity index (χ1) is 9.24. The number of hydrogen-bond donors (Lipinski definition) is 2. The van der Waals surface area contributed by atoms with Crippen LogP contribution in [-0.2, 0) is 0 Å². The Labute approximate surface area is 116 Å². The van der Waals surface area contributed by atoms with E-state index >= 15 is 0 Å². The van der Waals surface area contributed by atoms with E-state index in [1.807, 2.05) is 13.0 Å². The Morgan fingerprint density at radius 3 is 2.89 bits per heavy atom. The van der Waals surface area contributed by atoms with Gasteiger partial charge < -0.3 is 15.4 Å². The van der Waals surface area contributed by atoms with E-state index in [0.717, 1.165) is 36.3 Å². The van der Waals surface area contributed by atoms with Crippen LogP contribution >= 0.6 is 11.8 Å². The molecule has 2 heterocycles. The van der Waals surface area contributed by atoms with Crippen molar-refractivity contribution in [2.75, 3.05) is 18.2 Å². The van der Waals surface area contributed by atoms with Gasteiger partial charge in [-0.15, -0.1) is 10.2 Å². The zero-order chi connectivity index (χ0) is 13.7. The van der Waals surface area contributed by atoms with Crippen LogP contribution in [0.25, 0.3) is 11.4 Å². The van der Waals surface area contributed by atoms with Crippen molar-refractivity contribution in [1.29, 1.82) is 0 Å². The molecule has 104 valence electrons. The lowest BCUT2D eigenvalue weighted by Crippen LogP contribution is -2.11. The van der Waals surface area contributed by atoms with E-state index in [2.05, 4.69) is 10.2 Å². The normalized spacial score (nSPS) is 11.1. The second-order valence-corrected chi connectivity index (χ2v) is 5.26. The van der Waals surface area contributed by atoms with Crippen LogP contribution in [0, 0.1) is 6.92 Å². The van der Waals surface area contributed by atoms with Crippen molar-refractivity contribution in [1.82, 2.24) is 14.9 Å². The number of aryl methyl sites for hydroxylation is 1. The Balaban J connectivity index is 1.97. The molecule has 0 unspecified atom stereocenters. The van der Waals surface area contributed by atoms with Gasteiger partial charge in [0, 0.05) is 12.4 Å². The summed E-state index contributed by atoms with van der Waals surface area (Å²) in [5.74, 6) is 8.30. The fourth-order valence-electron chi connectivity index (χ4n) is 1.73. The number of aromatic nitrogens is 3. The Kier molecular flexibility index (Phi) is 4.86. The average molecular weight is 282 g/mol. The van der Waals surface area contributed by atoms with Gasteiger partial charge in [0.25, 0.3) is 0 Å². The SMILES string of the molecule is Cc1occc1-c1nnc(SCCCCCO)n1N. The molecule has 0 aliphatic rings. The zero-order valence-electron chi connectivity index (χ0n) is 10.9. The van der Waals surface area contributed by atoms with E-state index < -0.39 is 0 Å². The Morgan fingerprint density at radius 2 is 2.21 bits per heavy atom. The Hall–Kier alpha value is -1.47. The number of rotatable bonds is 7. The second-order valence-electron chi connectivity index (χ2n) is 4.20. The van der Waals surface area contributed by atoms with E-state index in [9.17, 15) is 0 Å². The summed E-state index contributed by atoms with van der Waals surface area (Å²) in [7, 11) is 0. The molecule has 2 rings (SSSR count). The highest BCUT2D eigenvalue weighted by molar-refractivity contribution is 7.99. The third kappa shape index (κ3) is 3.30. The predicted octanol–water partition coefficient (Wildman–Crippen LogP) is 1.82. The predicted molar refractivity (Wildman–Crippen MR) is 74.3 cm³/mol. The maximum absolute atomic E-state index is 8.70. The number of unbranched alkanes of at least 4 members (excludes halogenated alkanes) is 2. The molecule has 0 spiro atoms. The summed E-state index contributed by atoms with van der Waals surface area (Å²) < 4.78 is 6.74. The summed E-state index contributed by atoms with van der Waals surface area (Å²) >= 11 is 1.57. The van der Waals surface area contributed by atoms with Gasteiger partial charge in [-0.25, -0.2) is 4.68 Å². The van der Waals surface area contributed by atoms with Crippen molar-refractivity contribution in [3.05, 3.63) is 18.1 Å². The smallest absolute Gasteiger partial charge is 0.210 e. The minimum atomic E-state index is 0.252. The van der Waals surface area contributed by atoms with Gasteiger partial charge >= 0.3 is 0 Å². The number of hydrogen-bond acceptors (Lipinski definition) is 6. The number of aliphatic hydroxyl groups excluding tert-OH is 1. The lowest BCUT2D eigenvalue weighted by Gasteiger charge is -2.02. The Bertz CT molecular complexity index is 524. The fourth-order valence-corrected chi connectivity index (χ4v) is 2.59. The first kappa shape index (κ1) is 14.0. The molecule has 0 radical (unpaired) electrons. The summed E-state index contributed by atoms with van der Waals surface area (Å²) in [6, 6.07) is 1.83. The molecule has 0 aromatic carbocycles. The van der Waals surface area contributed by atoms with E-state index in [1.165, 1.54) is 4.68 Å². The summed E-state index contributed by atoms with van der Waals surface area (Å²) in [5.41, 5.74) is 0.863. The molecule has 0 atom stereocenters. The average Bonchev–Trinajstić information content (AvgIpc) is 2.96. The molecule has 0 aliphatic heterocycles. The maximum Gasteiger partial charge on any atom is 0.210 e. The van der Waals surface area contributed by atoms with Gasteiger partial charge in [0.2, 0.25) is 5.16 Å². The van der Waals surface area contributed by atoms with Crippen LogP contribution in [0.5, 0.6) is 0 Å². The first-order valence-corrected chi connectivity index (χ1v) is 7.21. The summed E-state index contributed by atoms with van der Waals surface area (Å²) in [6.45, 7) is 2.12. The van der Waals surface area contributed by atoms with Crippen molar-refractivity contribution in [2.24, 2.45) is 0 Å². The quantitative estimate of drug-likeness (QED) is 0.457. The fraction of sp³-hybridized carbons (Fsp3) is 0.500. The van der Waals surface area contributed by atoms with Crippen molar-refractivity contribution < 1.29 is 9.52 Å². The number of nitrogens with two attached hydrogens (primary N) is 1. The molecular formula is C12H18N4O2S. The molecule has 0 saturated heterocycles. The number of thioether (sulfide) groups is 1. The van der Waals surface area contributed by atoms with Crippen molar-refractivity contribution in [3.63, 3.8) is 0 Å². The molecule has 2 aromatic heterocycles. The maximum atomic E-state index is 8.70. The summed E-state index contributed by atoms with van der Waals surface area (Å²) in [6.07, 6.45) is 4.49.